The molecule has 0 atom stereocenters. The van der Waals surface area contributed by atoms with Crippen LogP contribution in [0, 0.1) is 0 Å². The van der Waals surface area contributed by atoms with E-state index in [-0.39, 0.29) is 5.41 Å². The molecule has 0 heterocycles. The van der Waals surface area contributed by atoms with Gasteiger partial charge in [-0.3, -0.25) is 0 Å². The van der Waals surface area contributed by atoms with E-state index in [9.17, 15) is 0 Å². The third kappa shape index (κ3) is 4.28. The van der Waals surface area contributed by atoms with Crippen molar-refractivity contribution in [3.8, 4) is 33.4 Å². The molecule has 0 spiro atoms. The molecule has 0 aromatic heterocycles. The minimum atomic E-state index is -0.461. The number of benzene rings is 7. The molecule has 0 aliphatic heterocycles. The van der Waals surface area contributed by atoms with Gasteiger partial charge in [0.25, 0.3) is 0 Å². The van der Waals surface area contributed by atoms with Gasteiger partial charge in [-0.15, -0.1) is 0 Å². The zero-order valence-electron chi connectivity index (χ0n) is 26.1. The van der Waals surface area contributed by atoms with E-state index in [0.29, 0.717) is 0 Å². The summed E-state index contributed by atoms with van der Waals surface area (Å²) in [6.45, 7) is 6.95. The van der Waals surface area contributed by atoms with Crippen molar-refractivity contribution in [2.75, 3.05) is 0 Å². The second-order valence-electron chi connectivity index (χ2n) is 13.3. The lowest BCUT2D eigenvalue weighted by Crippen LogP contribution is -2.29. The van der Waals surface area contributed by atoms with Crippen LogP contribution in [0.15, 0.2) is 164 Å². The van der Waals surface area contributed by atoms with E-state index in [1.165, 1.54) is 72.0 Å². The Bertz CT molecular complexity index is 2110. The van der Waals surface area contributed by atoms with Gasteiger partial charge in [-0.05, 0) is 83.5 Å². The van der Waals surface area contributed by atoms with Gasteiger partial charge < -0.3 is 0 Å². The van der Waals surface area contributed by atoms with Gasteiger partial charge in [-0.25, -0.2) is 0 Å². The summed E-state index contributed by atoms with van der Waals surface area (Å²) in [6, 6.07) is 60.8. The molecule has 0 saturated carbocycles. The van der Waals surface area contributed by atoms with Crippen molar-refractivity contribution < 1.29 is 0 Å². The molecule has 0 N–H and O–H groups in total. The SMILES string of the molecule is CC(C)(C)c1ccc2c(c1)C(c1ccccc1)(c1ccccc1)c1cc(-c3ccc(-c4ccccc4)cc3)c3ccccc3c1-2. The number of hydrogen-bond donors (Lipinski definition) is 0. The van der Waals surface area contributed by atoms with Gasteiger partial charge in [0.15, 0.2) is 0 Å². The molecule has 7 aromatic carbocycles. The Balaban J connectivity index is 1.48. The molecular weight excluding hydrogens is 540 g/mol. The predicted octanol–water partition coefficient (Wildman–Crippen LogP) is 11.8. The Hall–Kier alpha value is -5.20. The van der Waals surface area contributed by atoms with Gasteiger partial charge in [0, 0.05) is 0 Å². The lowest BCUT2D eigenvalue weighted by atomic mass is 9.66. The highest BCUT2D eigenvalue weighted by molar-refractivity contribution is 6.10. The smallest absolute Gasteiger partial charge is 0.0622 e. The molecule has 0 heteroatoms. The quantitative estimate of drug-likeness (QED) is 0.195. The summed E-state index contributed by atoms with van der Waals surface area (Å²) in [6.07, 6.45) is 0. The minimum absolute atomic E-state index is 0.0245. The molecule has 45 heavy (non-hydrogen) atoms. The standard InChI is InChI=1S/C45H36/c1-44(2,3)36-27-28-39-41(29-36)45(34-17-9-5-10-18-34,35-19-11-6-12-20-35)42-30-40(37-21-13-14-22-38(37)43(39)42)33-25-23-32(24-26-33)31-15-7-4-8-16-31/h4-30H,1-3H3. The van der Waals surface area contributed by atoms with Crippen molar-refractivity contribution in [3.63, 3.8) is 0 Å². The molecule has 8 rings (SSSR count). The van der Waals surface area contributed by atoms with Crippen LogP contribution in [-0.2, 0) is 10.8 Å². The largest absolute Gasteiger partial charge is 0.0714 e. The first-order valence-electron chi connectivity index (χ1n) is 15.9. The van der Waals surface area contributed by atoms with E-state index in [0.717, 1.165) is 0 Å². The maximum atomic E-state index is 2.51. The van der Waals surface area contributed by atoms with Crippen LogP contribution in [0.3, 0.4) is 0 Å². The average Bonchev–Trinajstić information content (AvgIpc) is 3.39. The predicted molar refractivity (Wildman–Crippen MR) is 191 cm³/mol. The molecule has 0 bridgehead atoms. The molecule has 0 saturated heterocycles. The maximum Gasteiger partial charge on any atom is 0.0714 e. The number of fused-ring (bicyclic) bond motifs is 5. The van der Waals surface area contributed by atoms with Gasteiger partial charge >= 0.3 is 0 Å². The van der Waals surface area contributed by atoms with Crippen molar-refractivity contribution >= 4 is 10.8 Å². The van der Waals surface area contributed by atoms with Crippen LogP contribution in [0.1, 0.15) is 48.6 Å². The highest BCUT2D eigenvalue weighted by Gasteiger charge is 2.47. The Kier molecular flexibility index (Phi) is 6.36. The molecule has 1 aliphatic carbocycles. The molecule has 216 valence electrons. The van der Waals surface area contributed by atoms with Crippen LogP contribution >= 0.6 is 0 Å². The fourth-order valence-electron chi connectivity index (χ4n) is 7.52. The minimum Gasteiger partial charge on any atom is -0.0622 e. The second kappa shape index (κ2) is 10.5. The molecule has 0 nitrogen and oxygen atoms in total. The third-order valence-electron chi connectivity index (χ3n) is 9.72. The zero-order chi connectivity index (χ0) is 30.6. The van der Waals surface area contributed by atoms with E-state index in [1.54, 1.807) is 0 Å². The van der Waals surface area contributed by atoms with E-state index in [2.05, 4.69) is 185 Å². The van der Waals surface area contributed by atoms with E-state index in [1.807, 2.05) is 0 Å². The summed E-state index contributed by atoms with van der Waals surface area (Å²) >= 11 is 0. The first-order valence-corrected chi connectivity index (χ1v) is 15.9. The molecule has 0 amide bonds. The molecule has 0 unspecified atom stereocenters. The monoisotopic (exact) mass is 576 g/mol. The van der Waals surface area contributed by atoms with Crippen molar-refractivity contribution in [3.05, 3.63) is 192 Å². The van der Waals surface area contributed by atoms with E-state index >= 15 is 0 Å². The fourth-order valence-corrected chi connectivity index (χ4v) is 7.52. The Morgan fingerprint density at radius 2 is 0.911 bits per heavy atom. The van der Waals surface area contributed by atoms with Crippen LogP contribution in [0.25, 0.3) is 44.2 Å². The summed E-state index contributed by atoms with van der Waals surface area (Å²) in [7, 11) is 0. The van der Waals surface area contributed by atoms with Crippen molar-refractivity contribution in [2.45, 2.75) is 31.6 Å². The topological polar surface area (TPSA) is 0 Å². The molecule has 7 aromatic rings. The zero-order valence-corrected chi connectivity index (χ0v) is 26.1. The maximum absolute atomic E-state index is 2.51. The van der Waals surface area contributed by atoms with E-state index < -0.39 is 5.41 Å². The summed E-state index contributed by atoms with van der Waals surface area (Å²) in [4.78, 5) is 0. The highest BCUT2D eigenvalue weighted by atomic mass is 14.5. The Morgan fingerprint density at radius 3 is 1.51 bits per heavy atom. The molecular formula is C45H36. The molecule has 0 fully saturated rings. The number of rotatable bonds is 4. The molecule has 0 radical (unpaired) electrons. The van der Waals surface area contributed by atoms with Crippen molar-refractivity contribution in [1.82, 2.24) is 0 Å². The van der Waals surface area contributed by atoms with Crippen LogP contribution in [0.2, 0.25) is 0 Å². The molecule has 1 aliphatic rings. The normalized spacial score (nSPS) is 13.4. The summed E-state index contributed by atoms with van der Waals surface area (Å²) in [5.74, 6) is 0. The summed E-state index contributed by atoms with van der Waals surface area (Å²) in [5.41, 5.74) is 13.9. The summed E-state index contributed by atoms with van der Waals surface area (Å²) < 4.78 is 0. The van der Waals surface area contributed by atoms with Crippen LogP contribution < -0.4 is 0 Å². The van der Waals surface area contributed by atoms with Gasteiger partial charge in [0.1, 0.15) is 0 Å². The fraction of sp³-hybridized carbons (Fsp3) is 0.111. The lowest BCUT2D eigenvalue weighted by Gasteiger charge is -2.35. The Labute approximate surface area is 266 Å². The highest BCUT2D eigenvalue weighted by Crippen LogP contribution is 2.59. The second-order valence-corrected chi connectivity index (χ2v) is 13.3. The van der Waals surface area contributed by atoms with Crippen molar-refractivity contribution in [1.29, 1.82) is 0 Å². The van der Waals surface area contributed by atoms with Crippen LogP contribution in [0.5, 0.6) is 0 Å². The van der Waals surface area contributed by atoms with Gasteiger partial charge in [0.2, 0.25) is 0 Å². The first kappa shape index (κ1) is 27.4. The van der Waals surface area contributed by atoms with Gasteiger partial charge in [-0.2, -0.15) is 0 Å². The van der Waals surface area contributed by atoms with Gasteiger partial charge in [0.05, 0.1) is 5.41 Å². The van der Waals surface area contributed by atoms with Crippen molar-refractivity contribution in [2.24, 2.45) is 0 Å². The Morgan fingerprint density at radius 1 is 0.400 bits per heavy atom. The van der Waals surface area contributed by atoms with Crippen LogP contribution in [0.4, 0.5) is 0 Å². The number of hydrogen-bond acceptors (Lipinski definition) is 0. The van der Waals surface area contributed by atoms with Crippen LogP contribution in [-0.4, -0.2) is 0 Å². The summed E-state index contributed by atoms with van der Waals surface area (Å²) in [5, 5.41) is 2.59. The van der Waals surface area contributed by atoms with Gasteiger partial charge in [-0.1, -0.05) is 178 Å². The first-order chi connectivity index (χ1) is 22.0. The average molecular weight is 577 g/mol. The lowest BCUT2D eigenvalue weighted by molar-refractivity contribution is 0.588. The van der Waals surface area contributed by atoms with E-state index in [4.69, 9.17) is 0 Å². The third-order valence-corrected chi connectivity index (χ3v) is 9.72.